The molecule has 0 bridgehead atoms. The summed E-state index contributed by atoms with van der Waals surface area (Å²) in [6, 6.07) is 5.11. The molecule has 0 saturated carbocycles. The average molecular weight is 374 g/mol. The highest BCUT2D eigenvalue weighted by Crippen LogP contribution is 2.25. The van der Waals surface area contributed by atoms with Gasteiger partial charge in [-0.25, -0.2) is 0 Å². The van der Waals surface area contributed by atoms with Gasteiger partial charge in [0.05, 0.1) is 5.56 Å². The van der Waals surface area contributed by atoms with Gasteiger partial charge in [0.2, 0.25) is 0 Å². The predicted octanol–water partition coefficient (Wildman–Crippen LogP) is 2.20. The van der Waals surface area contributed by atoms with Crippen molar-refractivity contribution in [2.24, 2.45) is 11.7 Å². The second-order valence-corrected chi connectivity index (χ2v) is 6.24. The van der Waals surface area contributed by atoms with Gasteiger partial charge in [-0.1, -0.05) is 0 Å². The molecule has 104 valence electrons. The number of benzene rings is 1. The topological polar surface area (TPSA) is 66.6 Å². The van der Waals surface area contributed by atoms with Crippen LogP contribution in [0.4, 0.5) is 0 Å². The Kier molecular flexibility index (Phi) is 5.04. The van der Waals surface area contributed by atoms with Gasteiger partial charge < -0.3 is 15.7 Å². The third-order valence-electron chi connectivity index (χ3n) is 3.57. The molecule has 19 heavy (non-hydrogen) atoms. The summed E-state index contributed by atoms with van der Waals surface area (Å²) in [6.45, 7) is 2.19. The van der Waals surface area contributed by atoms with Crippen molar-refractivity contribution in [2.45, 2.75) is 19.3 Å². The van der Waals surface area contributed by atoms with E-state index in [0.29, 0.717) is 18.0 Å². The van der Waals surface area contributed by atoms with Crippen LogP contribution in [0.5, 0.6) is 5.75 Å². The van der Waals surface area contributed by atoms with Crippen molar-refractivity contribution in [2.75, 3.05) is 19.6 Å². The van der Waals surface area contributed by atoms with E-state index in [4.69, 9.17) is 5.73 Å². The highest BCUT2D eigenvalue weighted by molar-refractivity contribution is 14.1. The van der Waals surface area contributed by atoms with Crippen molar-refractivity contribution in [3.05, 3.63) is 27.3 Å². The molecule has 3 N–H and O–H groups in total. The van der Waals surface area contributed by atoms with E-state index in [1.807, 2.05) is 4.90 Å². The smallest absolute Gasteiger partial charge is 0.257 e. The van der Waals surface area contributed by atoms with Gasteiger partial charge in [-0.2, -0.15) is 0 Å². The minimum absolute atomic E-state index is 0.0614. The van der Waals surface area contributed by atoms with Crippen LogP contribution in [0.25, 0.3) is 0 Å². The van der Waals surface area contributed by atoms with Crippen molar-refractivity contribution in [1.29, 1.82) is 0 Å². The Morgan fingerprint density at radius 2 is 2.32 bits per heavy atom. The van der Waals surface area contributed by atoms with Gasteiger partial charge in [0, 0.05) is 16.7 Å². The number of amides is 1. The van der Waals surface area contributed by atoms with E-state index in [-0.39, 0.29) is 11.7 Å². The molecule has 4 nitrogen and oxygen atoms in total. The van der Waals surface area contributed by atoms with Gasteiger partial charge in [-0.05, 0) is 72.5 Å². The standard InChI is InChI=1S/C14H19IN2O2/c15-11-3-4-13(18)12(8-11)14(19)17-7-1-2-10(9-17)5-6-16/h3-4,8,10,18H,1-2,5-7,9,16H2. The highest BCUT2D eigenvalue weighted by atomic mass is 127. The van der Waals surface area contributed by atoms with Crippen LogP contribution < -0.4 is 5.73 Å². The number of hydrogen-bond acceptors (Lipinski definition) is 3. The van der Waals surface area contributed by atoms with Crippen LogP contribution in [0.1, 0.15) is 29.6 Å². The molecule has 1 aromatic carbocycles. The quantitative estimate of drug-likeness (QED) is 0.798. The zero-order chi connectivity index (χ0) is 13.8. The fourth-order valence-electron chi connectivity index (χ4n) is 2.57. The molecule has 1 fully saturated rings. The molecule has 1 aromatic rings. The van der Waals surface area contributed by atoms with Crippen LogP contribution >= 0.6 is 22.6 Å². The first-order valence-electron chi connectivity index (χ1n) is 6.59. The number of likely N-dealkylation sites (tertiary alicyclic amines) is 1. The van der Waals surface area contributed by atoms with Crippen molar-refractivity contribution in [3.8, 4) is 5.75 Å². The van der Waals surface area contributed by atoms with Gasteiger partial charge >= 0.3 is 0 Å². The van der Waals surface area contributed by atoms with Gasteiger partial charge in [-0.15, -0.1) is 0 Å². The molecule has 1 aliphatic heterocycles. The predicted molar refractivity (Wildman–Crippen MR) is 83.1 cm³/mol. The zero-order valence-electron chi connectivity index (χ0n) is 10.8. The van der Waals surface area contributed by atoms with Gasteiger partial charge in [0.25, 0.3) is 5.91 Å². The minimum Gasteiger partial charge on any atom is -0.507 e. The van der Waals surface area contributed by atoms with Crippen LogP contribution in [0.3, 0.4) is 0 Å². The van der Waals surface area contributed by atoms with E-state index < -0.39 is 0 Å². The van der Waals surface area contributed by atoms with Crippen LogP contribution in [0, 0.1) is 9.49 Å². The number of phenols is 1. The van der Waals surface area contributed by atoms with Gasteiger partial charge in [0.15, 0.2) is 0 Å². The largest absolute Gasteiger partial charge is 0.507 e. The number of aromatic hydroxyl groups is 1. The summed E-state index contributed by atoms with van der Waals surface area (Å²) in [6.07, 6.45) is 3.11. The van der Waals surface area contributed by atoms with Crippen LogP contribution in [-0.2, 0) is 0 Å². The summed E-state index contributed by atoms with van der Waals surface area (Å²) in [5.41, 5.74) is 5.99. The fraction of sp³-hybridized carbons (Fsp3) is 0.500. The summed E-state index contributed by atoms with van der Waals surface area (Å²) in [5.74, 6) is 0.483. The lowest BCUT2D eigenvalue weighted by Gasteiger charge is -2.32. The maximum atomic E-state index is 12.5. The zero-order valence-corrected chi connectivity index (χ0v) is 13.0. The SMILES string of the molecule is NCCC1CCCN(C(=O)c2cc(I)ccc2O)C1. The Labute approximate surface area is 127 Å². The van der Waals surface area contributed by atoms with E-state index in [1.165, 1.54) is 0 Å². The molecule has 1 heterocycles. The molecule has 0 spiro atoms. The summed E-state index contributed by atoms with van der Waals surface area (Å²) in [5, 5.41) is 9.83. The first-order valence-corrected chi connectivity index (χ1v) is 7.67. The summed E-state index contributed by atoms with van der Waals surface area (Å²) < 4.78 is 0.953. The Morgan fingerprint density at radius 3 is 3.05 bits per heavy atom. The maximum Gasteiger partial charge on any atom is 0.257 e. The van der Waals surface area contributed by atoms with E-state index in [2.05, 4.69) is 22.6 Å². The lowest BCUT2D eigenvalue weighted by Crippen LogP contribution is -2.40. The van der Waals surface area contributed by atoms with E-state index >= 15 is 0 Å². The lowest BCUT2D eigenvalue weighted by molar-refractivity contribution is 0.0666. The van der Waals surface area contributed by atoms with Crippen molar-refractivity contribution >= 4 is 28.5 Å². The molecule has 0 aliphatic carbocycles. The highest BCUT2D eigenvalue weighted by Gasteiger charge is 2.25. The molecule has 0 radical (unpaired) electrons. The van der Waals surface area contributed by atoms with E-state index in [9.17, 15) is 9.90 Å². The number of nitrogens with two attached hydrogens (primary N) is 1. The molecule has 1 aliphatic rings. The molecule has 1 atom stereocenters. The third kappa shape index (κ3) is 3.60. The van der Waals surface area contributed by atoms with Crippen LogP contribution in [0.2, 0.25) is 0 Å². The van der Waals surface area contributed by atoms with Gasteiger partial charge in [-0.3, -0.25) is 4.79 Å². The monoisotopic (exact) mass is 374 g/mol. The Hall–Kier alpha value is -0.820. The number of phenolic OH excluding ortho intramolecular Hbond substituents is 1. The minimum atomic E-state index is -0.0715. The summed E-state index contributed by atoms with van der Waals surface area (Å²) >= 11 is 2.15. The second kappa shape index (κ2) is 6.56. The number of halogens is 1. The van der Waals surface area contributed by atoms with Crippen molar-refractivity contribution < 1.29 is 9.90 Å². The molecule has 1 saturated heterocycles. The maximum absolute atomic E-state index is 12.5. The number of rotatable bonds is 3. The fourth-order valence-corrected chi connectivity index (χ4v) is 3.06. The number of carbonyl (C=O) groups is 1. The molecule has 1 amide bonds. The Morgan fingerprint density at radius 1 is 1.53 bits per heavy atom. The number of nitrogens with zero attached hydrogens (tertiary/aromatic N) is 1. The van der Waals surface area contributed by atoms with Crippen molar-refractivity contribution in [3.63, 3.8) is 0 Å². The molecular formula is C14H19IN2O2. The summed E-state index contributed by atoms with van der Waals surface area (Å²) in [4.78, 5) is 14.3. The van der Waals surface area contributed by atoms with E-state index in [1.54, 1.807) is 18.2 Å². The van der Waals surface area contributed by atoms with Gasteiger partial charge in [0.1, 0.15) is 5.75 Å². The molecule has 0 aromatic heterocycles. The molecule has 2 rings (SSSR count). The van der Waals surface area contributed by atoms with E-state index in [0.717, 1.165) is 35.9 Å². The number of carbonyl (C=O) groups excluding carboxylic acids is 1. The first-order chi connectivity index (χ1) is 9.11. The molecule has 5 heteroatoms. The average Bonchev–Trinajstić information content (AvgIpc) is 2.41. The number of hydrogen-bond donors (Lipinski definition) is 2. The summed E-state index contributed by atoms with van der Waals surface area (Å²) in [7, 11) is 0. The van der Waals surface area contributed by atoms with Crippen LogP contribution in [-0.4, -0.2) is 35.5 Å². The Balaban J connectivity index is 2.12. The second-order valence-electron chi connectivity index (χ2n) is 5.00. The van der Waals surface area contributed by atoms with Crippen LogP contribution in [0.15, 0.2) is 18.2 Å². The number of piperidine rings is 1. The van der Waals surface area contributed by atoms with Crippen molar-refractivity contribution in [1.82, 2.24) is 4.90 Å². The molecular weight excluding hydrogens is 355 g/mol. The third-order valence-corrected chi connectivity index (χ3v) is 4.24. The Bertz CT molecular complexity index is 463. The molecule has 1 unspecified atom stereocenters. The first kappa shape index (κ1) is 14.6. The lowest BCUT2D eigenvalue weighted by atomic mass is 9.94. The normalized spacial score (nSPS) is 19.5.